The standard InChI is InChI=1S/C10H16O3/c1-4-6-7-8-9(5-2)13-10(11)12-3/h4-5,9H,1-2,6-8H2,3H3/t9-/m0/s1. The Bertz CT molecular complexity index is 175. The van der Waals surface area contributed by atoms with E-state index in [4.69, 9.17) is 4.74 Å². The average molecular weight is 184 g/mol. The van der Waals surface area contributed by atoms with E-state index in [1.807, 2.05) is 6.08 Å². The predicted molar refractivity (Wildman–Crippen MR) is 51.5 cm³/mol. The number of hydrogen-bond acceptors (Lipinski definition) is 3. The first kappa shape index (κ1) is 11.8. The van der Waals surface area contributed by atoms with Gasteiger partial charge in [0, 0.05) is 0 Å². The first-order chi connectivity index (χ1) is 6.24. The molecule has 0 heterocycles. The van der Waals surface area contributed by atoms with Crippen LogP contribution in [0.3, 0.4) is 0 Å². The van der Waals surface area contributed by atoms with Crippen molar-refractivity contribution in [2.75, 3.05) is 7.11 Å². The molecule has 3 heteroatoms. The van der Waals surface area contributed by atoms with Gasteiger partial charge in [-0.1, -0.05) is 18.7 Å². The number of unbranched alkanes of at least 4 members (excludes halogenated alkanes) is 1. The van der Waals surface area contributed by atoms with Crippen LogP contribution < -0.4 is 0 Å². The normalized spacial score (nSPS) is 11.5. The second kappa shape index (κ2) is 7.40. The van der Waals surface area contributed by atoms with Crippen molar-refractivity contribution in [2.45, 2.75) is 25.4 Å². The SMILES string of the molecule is C=CCCC[C@H](C=C)OC(=O)OC. The summed E-state index contributed by atoms with van der Waals surface area (Å²) in [6.07, 6.45) is 5.10. The highest BCUT2D eigenvalue weighted by atomic mass is 16.7. The molecule has 0 radical (unpaired) electrons. The van der Waals surface area contributed by atoms with Crippen LogP contribution in [0.25, 0.3) is 0 Å². The Morgan fingerprint density at radius 3 is 2.69 bits per heavy atom. The van der Waals surface area contributed by atoms with Crippen LogP contribution in [0.2, 0.25) is 0 Å². The van der Waals surface area contributed by atoms with Gasteiger partial charge in [0.25, 0.3) is 0 Å². The van der Waals surface area contributed by atoms with Gasteiger partial charge in [0.05, 0.1) is 7.11 Å². The van der Waals surface area contributed by atoms with Gasteiger partial charge >= 0.3 is 6.16 Å². The highest BCUT2D eigenvalue weighted by Crippen LogP contribution is 2.07. The maximum atomic E-state index is 10.7. The molecule has 74 valence electrons. The Balaban J connectivity index is 3.68. The van der Waals surface area contributed by atoms with Crippen molar-refractivity contribution in [3.8, 4) is 0 Å². The van der Waals surface area contributed by atoms with Crippen LogP contribution in [0, 0.1) is 0 Å². The van der Waals surface area contributed by atoms with Gasteiger partial charge in [-0.25, -0.2) is 4.79 Å². The van der Waals surface area contributed by atoms with Gasteiger partial charge in [-0.05, 0) is 19.3 Å². The first-order valence-corrected chi connectivity index (χ1v) is 4.22. The molecule has 0 aromatic heterocycles. The highest BCUT2D eigenvalue weighted by Gasteiger charge is 2.09. The number of carbonyl (C=O) groups is 1. The molecule has 0 rings (SSSR count). The van der Waals surface area contributed by atoms with Gasteiger partial charge in [-0.2, -0.15) is 0 Å². The van der Waals surface area contributed by atoms with Gasteiger partial charge in [0.15, 0.2) is 0 Å². The third-order valence-electron chi connectivity index (χ3n) is 1.57. The summed E-state index contributed by atoms with van der Waals surface area (Å²) < 4.78 is 9.24. The molecule has 0 aromatic carbocycles. The fourth-order valence-electron chi connectivity index (χ4n) is 0.860. The van der Waals surface area contributed by atoms with Gasteiger partial charge in [0.1, 0.15) is 6.10 Å². The summed E-state index contributed by atoms with van der Waals surface area (Å²) in [5.74, 6) is 0. The molecule has 0 aliphatic carbocycles. The average Bonchev–Trinajstić information content (AvgIpc) is 2.16. The van der Waals surface area contributed by atoms with Crippen molar-refractivity contribution in [1.82, 2.24) is 0 Å². The second-order valence-corrected chi connectivity index (χ2v) is 2.57. The van der Waals surface area contributed by atoms with Crippen molar-refractivity contribution < 1.29 is 14.3 Å². The molecule has 1 atom stereocenters. The number of carbonyl (C=O) groups excluding carboxylic acids is 1. The molecule has 3 nitrogen and oxygen atoms in total. The number of allylic oxidation sites excluding steroid dienone is 1. The van der Waals surface area contributed by atoms with Crippen LogP contribution in [0.4, 0.5) is 4.79 Å². The summed E-state index contributed by atoms with van der Waals surface area (Å²) in [7, 11) is 1.28. The van der Waals surface area contributed by atoms with E-state index in [1.54, 1.807) is 6.08 Å². The fraction of sp³-hybridized carbons (Fsp3) is 0.500. The van der Waals surface area contributed by atoms with E-state index < -0.39 is 6.16 Å². The minimum Gasteiger partial charge on any atom is -0.438 e. The van der Waals surface area contributed by atoms with Gasteiger partial charge in [-0.3, -0.25) is 0 Å². The van der Waals surface area contributed by atoms with Gasteiger partial charge < -0.3 is 9.47 Å². The van der Waals surface area contributed by atoms with Crippen LogP contribution in [0.1, 0.15) is 19.3 Å². The lowest BCUT2D eigenvalue weighted by atomic mass is 10.1. The van der Waals surface area contributed by atoms with Crippen molar-refractivity contribution >= 4 is 6.16 Å². The molecular formula is C10H16O3. The van der Waals surface area contributed by atoms with Gasteiger partial charge in [0.2, 0.25) is 0 Å². The number of rotatable bonds is 6. The zero-order valence-corrected chi connectivity index (χ0v) is 7.99. The summed E-state index contributed by atoms with van der Waals surface area (Å²) in [4.78, 5) is 10.7. The molecule has 0 saturated heterocycles. The molecule has 0 N–H and O–H groups in total. The smallest absolute Gasteiger partial charge is 0.438 e. The lowest BCUT2D eigenvalue weighted by Crippen LogP contribution is -2.15. The van der Waals surface area contributed by atoms with Crippen LogP contribution in [-0.4, -0.2) is 19.4 Å². The van der Waals surface area contributed by atoms with E-state index in [0.717, 1.165) is 19.3 Å². The number of hydrogen-bond donors (Lipinski definition) is 0. The lowest BCUT2D eigenvalue weighted by molar-refractivity contribution is 0.0496. The molecule has 0 bridgehead atoms. The molecule has 0 aromatic rings. The van der Waals surface area contributed by atoms with Crippen LogP contribution in [0.15, 0.2) is 25.3 Å². The number of ether oxygens (including phenoxy) is 2. The predicted octanol–water partition coefficient (Wildman–Crippen LogP) is 2.68. The second-order valence-electron chi connectivity index (χ2n) is 2.57. The van der Waals surface area contributed by atoms with Crippen LogP contribution in [0.5, 0.6) is 0 Å². The molecule has 0 amide bonds. The van der Waals surface area contributed by atoms with E-state index in [2.05, 4.69) is 17.9 Å². The summed E-state index contributed by atoms with van der Waals surface area (Å²) in [6, 6.07) is 0. The zero-order chi connectivity index (χ0) is 10.1. The van der Waals surface area contributed by atoms with E-state index in [9.17, 15) is 4.79 Å². The molecule has 0 saturated carbocycles. The molecule has 0 unspecified atom stereocenters. The van der Waals surface area contributed by atoms with E-state index in [-0.39, 0.29) is 6.10 Å². The molecule has 13 heavy (non-hydrogen) atoms. The topological polar surface area (TPSA) is 35.5 Å². The Morgan fingerprint density at radius 1 is 1.54 bits per heavy atom. The van der Waals surface area contributed by atoms with Gasteiger partial charge in [-0.15, -0.1) is 6.58 Å². The maximum Gasteiger partial charge on any atom is 0.508 e. The van der Waals surface area contributed by atoms with E-state index in [1.165, 1.54) is 7.11 Å². The highest BCUT2D eigenvalue weighted by molar-refractivity contribution is 5.60. The molecule has 0 aliphatic heterocycles. The Morgan fingerprint density at radius 2 is 2.23 bits per heavy atom. The summed E-state index contributed by atoms with van der Waals surface area (Å²) in [6.45, 7) is 7.17. The Hall–Kier alpha value is -1.25. The summed E-state index contributed by atoms with van der Waals surface area (Å²) >= 11 is 0. The van der Waals surface area contributed by atoms with Crippen molar-refractivity contribution in [2.24, 2.45) is 0 Å². The first-order valence-electron chi connectivity index (χ1n) is 4.22. The maximum absolute atomic E-state index is 10.7. The Kier molecular flexibility index (Phi) is 6.69. The minimum atomic E-state index is -0.663. The van der Waals surface area contributed by atoms with Crippen molar-refractivity contribution in [1.29, 1.82) is 0 Å². The molecule has 0 fully saturated rings. The molecule has 0 spiro atoms. The number of methoxy groups -OCH3 is 1. The van der Waals surface area contributed by atoms with E-state index >= 15 is 0 Å². The lowest BCUT2D eigenvalue weighted by Gasteiger charge is -2.11. The quantitative estimate of drug-likeness (QED) is 0.361. The third-order valence-corrected chi connectivity index (χ3v) is 1.57. The van der Waals surface area contributed by atoms with Crippen LogP contribution >= 0.6 is 0 Å². The fourth-order valence-corrected chi connectivity index (χ4v) is 0.860. The Labute approximate surface area is 79.0 Å². The largest absolute Gasteiger partial charge is 0.508 e. The molecular weight excluding hydrogens is 168 g/mol. The zero-order valence-electron chi connectivity index (χ0n) is 7.99. The van der Waals surface area contributed by atoms with Crippen molar-refractivity contribution in [3.05, 3.63) is 25.3 Å². The monoisotopic (exact) mass is 184 g/mol. The van der Waals surface area contributed by atoms with Crippen LogP contribution in [-0.2, 0) is 9.47 Å². The van der Waals surface area contributed by atoms with E-state index in [0.29, 0.717) is 0 Å². The summed E-state index contributed by atoms with van der Waals surface area (Å²) in [5.41, 5.74) is 0. The van der Waals surface area contributed by atoms with Crippen molar-refractivity contribution in [3.63, 3.8) is 0 Å². The molecule has 0 aliphatic rings. The summed E-state index contributed by atoms with van der Waals surface area (Å²) in [5, 5.41) is 0. The third kappa shape index (κ3) is 5.96. The minimum absolute atomic E-state index is 0.257.